The van der Waals surface area contributed by atoms with Gasteiger partial charge in [-0.3, -0.25) is 10.4 Å². The second-order valence-electron chi connectivity index (χ2n) is 6.23. The van der Waals surface area contributed by atoms with Gasteiger partial charge in [-0.1, -0.05) is 12.1 Å². The zero-order valence-corrected chi connectivity index (χ0v) is 16.4. The summed E-state index contributed by atoms with van der Waals surface area (Å²) in [5.41, 5.74) is 3.95. The predicted molar refractivity (Wildman–Crippen MR) is 108 cm³/mol. The first-order valence-corrected chi connectivity index (χ1v) is 10.2. The highest BCUT2D eigenvalue weighted by Gasteiger charge is 2.10. The standard InChI is InChI=1S/C19H20N4O4S/c1-12-10-14(20-19(24)27-2)6-9-16(12)21-18-11-17(22-23-18)13-4-7-15(8-5-13)28(3,25)26/h4-11H,1-3H3,(H,20,24)(H2,21,22,23). The summed E-state index contributed by atoms with van der Waals surface area (Å²) >= 11 is 0. The summed E-state index contributed by atoms with van der Waals surface area (Å²) < 4.78 is 27.7. The maximum atomic E-state index is 11.6. The fraction of sp³-hybridized carbons (Fsp3) is 0.158. The quantitative estimate of drug-likeness (QED) is 0.602. The molecule has 0 saturated carbocycles. The van der Waals surface area contributed by atoms with E-state index in [1.165, 1.54) is 13.4 Å². The molecule has 0 spiro atoms. The molecule has 1 amide bonds. The minimum absolute atomic E-state index is 0.269. The van der Waals surface area contributed by atoms with E-state index in [0.29, 0.717) is 11.5 Å². The van der Waals surface area contributed by atoms with Gasteiger partial charge in [0.1, 0.15) is 0 Å². The van der Waals surface area contributed by atoms with Crippen molar-refractivity contribution in [1.29, 1.82) is 0 Å². The number of carbonyl (C=O) groups excluding carboxylic acids is 1. The van der Waals surface area contributed by atoms with E-state index in [0.717, 1.165) is 22.5 Å². The Bertz CT molecular complexity index is 1110. The van der Waals surface area contributed by atoms with Crippen LogP contribution in [0.25, 0.3) is 11.3 Å². The lowest BCUT2D eigenvalue weighted by molar-refractivity contribution is 0.187. The third-order valence-corrected chi connectivity index (χ3v) is 5.22. The molecule has 2 aromatic carbocycles. The van der Waals surface area contributed by atoms with Gasteiger partial charge in [0.2, 0.25) is 0 Å². The van der Waals surface area contributed by atoms with Crippen molar-refractivity contribution in [3.05, 3.63) is 54.1 Å². The molecule has 3 N–H and O–H groups in total. The van der Waals surface area contributed by atoms with Gasteiger partial charge in [-0.25, -0.2) is 13.2 Å². The van der Waals surface area contributed by atoms with Gasteiger partial charge in [0.05, 0.1) is 17.7 Å². The molecule has 0 fully saturated rings. The minimum Gasteiger partial charge on any atom is -0.453 e. The molecule has 0 atom stereocenters. The molecule has 0 aliphatic carbocycles. The van der Waals surface area contributed by atoms with E-state index in [9.17, 15) is 13.2 Å². The largest absolute Gasteiger partial charge is 0.453 e. The van der Waals surface area contributed by atoms with Crippen LogP contribution in [-0.4, -0.2) is 38.1 Å². The molecular weight excluding hydrogens is 380 g/mol. The summed E-state index contributed by atoms with van der Waals surface area (Å²) in [6, 6.07) is 13.8. The van der Waals surface area contributed by atoms with Crippen LogP contribution in [0.15, 0.2) is 53.4 Å². The van der Waals surface area contributed by atoms with Gasteiger partial charge in [0.15, 0.2) is 15.7 Å². The van der Waals surface area contributed by atoms with Crippen LogP contribution in [0.1, 0.15) is 5.56 Å². The van der Waals surface area contributed by atoms with Crippen molar-refractivity contribution in [2.75, 3.05) is 24.0 Å². The maximum Gasteiger partial charge on any atom is 0.411 e. The Kier molecular flexibility index (Phi) is 5.36. The Hall–Kier alpha value is -3.33. The van der Waals surface area contributed by atoms with Crippen LogP contribution in [0, 0.1) is 6.92 Å². The Labute approximate surface area is 162 Å². The summed E-state index contributed by atoms with van der Waals surface area (Å²) in [5, 5.41) is 13.0. The Morgan fingerprint density at radius 3 is 2.43 bits per heavy atom. The summed E-state index contributed by atoms with van der Waals surface area (Å²) in [6.45, 7) is 1.91. The Morgan fingerprint density at radius 1 is 1.11 bits per heavy atom. The number of aromatic nitrogens is 2. The highest BCUT2D eigenvalue weighted by atomic mass is 32.2. The molecule has 8 nitrogen and oxygen atoms in total. The van der Waals surface area contributed by atoms with Crippen LogP contribution in [0.5, 0.6) is 0 Å². The number of sulfone groups is 1. The van der Waals surface area contributed by atoms with Crippen molar-refractivity contribution < 1.29 is 17.9 Å². The average Bonchev–Trinajstić information content (AvgIpc) is 3.12. The van der Waals surface area contributed by atoms with Crippen LogP contribution >= 0.6 is 0 Å². The van der Waals surface area contributed by atoms with Gasteiger partial charge in [-0.05, 0) is 48.4 Å². The lowest BCUT2D eigenvalue weighted by Crippen LogP contribution is -2.11. The van der Waals surface area contributed by atoms with Crippen LogP contribution in [0.2, 0.25) is 0 Å². The number of nitrogens with one attached hydrogen (secondary N) is 3. The van der Waals surface area contributed by atoms with Crippen molar-refractivity contribution in [3.8, 4) is 11.3 Å². The van der Waals surface area contributed by atoms with Crippen LogP contribution < -0.4 is 10.6 Å². The predicted octanol–water partition coefficient (Wildman–Crippen LogP) is 3.71. The van der Waals surface area contributed by atoms with Crippen LogP contribution in [0.4, 0.5) is 22.0 Å². The number of carbonyl (C=O) groups is 1. The number of aryl methyl sites for hydroxylation is 1. The second kappa shape index (κ2) is 7.73. The molecular formula is C19H20N4O4S. The van der Waals surface area contributed by atoms with Crippen molar-refractivity contribution in [3.63, 3.8) is 0 Å². The van der Waals surface area contributed by atoms with Crippen molar-refractivity contribution in [2.24, 2.45) is 0 Å². The highest BCUT2D eigenvalue weighted by molar-refractivity contribution is 7.90. The number of methoxy groups -OCH3 is 1. The minimum atomic E-state index is -3.23. The average molecular weight is 400 g/mol. The lowest BCUT2D eigenvalue weighted by Gasteiger charge is -2.10. The van der Waals surface area contributed by atoms with Gasteiger partial charge >= 0.3 is 6.09 Å². The zero-order chi connectivity index (χ0) is 20.3. The molecule has 3 aromatic rings. The topological polar surface area (TPSA) is 113 Å². The van der Waals surface area contributed by atoms with Gasteiger partial charge < -0.3 is 10.1 Å². The normalized spacial score (nSPS) is 11.1. The van der Waals surface area contributed by atoms with Gasteiger partial charge in [0, 0.05) is 23.7 Å². The number of rotatable bonds is 5. The number of H-pyrrole nitrogens is 1. The van der Waals surface area contributed by atoms with Crippen molar-refractivity contribution >= 4 is 33.1 Å². The van der Waals surface area contributed by atoms with E-state index in [4.69, 9.17) is 0 Å². The van der Waals surface area contributed by atoms with Crippen LogP contribution in [0.3, 0.4) is 0 Å². The first-order valence-electron chi connectivity index (χ1n) is 8.35. The molecule has 28 heavy (non-hydrogen) atoms. The first-order chi connectivity index (χ1) is 13.3. The van der Waals surface area contributed by atoms with E-state index in [-0.39, 0.29) is 4.90 Å². The van der Waals surface area contributed by atoms with E-state index >= 15 is 0 Å². The molecule has 0 saturated heterocycles. The summed E-state index contributed by atoms with van der Waals surface area (Å²) in [4.78, 5) is 11.6. The first kappa shape index (κ1) is 19.4. The fourth-order valence-electron chi connectivity index (χ4n) is 2.60. The van der Waals surface area contributed by atoms with Crippen LogP contribution in [-0.2, 0) is 14.6 Å². The molecule has 1 heterocycles. The van der Waals surface area contributed by atoms with E-state index in [1.807, 2.05) is 25.1 Å². The number of aromatic amines is 1. The molecule has 0 bridgehead atoms. The number of benzene rings is 2. The molecule has 0 aliphatic heterocycles. The third-order valence-electron chi connectivity index (χ3n) is 4.09. The van der Waals surface area contributed by atoms with Crippen molar-refractivity contribution in [2.45, 2.75) is 11.8 Å². The summed E-state index contributed by atoms with van der Waals surface area (Å²) in [6.07, 6.45) is 0.646. The summed E-state index contributed by atoms with van der Waals surface area (Å²) in [7, 11) is -1.92. The van der Waals surface area contributed by atoms with E-state index < -0.39 is 15.9 Å². The number of ether oxygens (including phenoxy) is 1. The number of nitrogens with zero attached hydrogens (tertiary/aromatic N) is 1. The lowest BCUT2D eigenvalue weighted by atomic mass is 10.1. The van der Waals surface area contributed by atoms with Gasteiger partial charge in [-0.15, -0.1) is 0 Å². The smallest absolute Gasteiger partial charge is 0.411 e. The molecule has 1 aromatic heterocycles. The molecule has 0 radical (unpaired) electrons. The third kappa shape index (κ3) is 4.49. The van der Waals surface area contributed by atoms with Gasteiger partial charge in [-0.2, -0.15) is 5.10 Å². The number of hydrogen-bond donors (Lipinski definition) is 3. The number of amides is 1. The molecule has 0 unspecified atom stereocenters. The maximum absolute atomic E-state index is 11.6. The monoisotopic (exact) mass is 400 g/mol. The van der Waals surface area contributed by atoms with Crippen molar-refractivity contribution in [1.82, 2.24) is 10.2 Å². The van der Waals surface area contributed by atoms with E-state index in [1.54, 1.807) is 30.3 Å². The number of anilines is 3. The SMILES string of the molecule is COC(=O)Nc1ccc(Nc2cc(-c3ccc(S(C)(=O)=O)cc3)[nH]n2)c(C)c1. The second-order valence-corrected chi connectivity index (χ2v) is 8.25. The van der Waals surface area contributed by atoms with Gasteiger partial charge in [0.25, 0.3) is 0 Å². The fourth-order valence-corrected chi connectivity index (χ4v) is 3.23. The molecule has 0 aliphatic rings. The molecule has 9 heteroatoms. The highest BCUT2D eigenvalue weighted by Crippen LogP contribution is 2.26. The van der Waals surface area contributed by atoms with E-state index in [2.05, 4.69) is 25.6 Å². The Balaban J connectivity index is 1.75. The Morgan fingerprint density at radius 2 is 1.82 bits per heavy atom. The molecule has 146 valence electrons. The summed E-state index contributed by atoms with van der Waals surface area (Å²) in [5.74, 6) is 0.610. The zero-order valence-electron chi connectivity index (χ0n) is 15.6. The molecule has 3 rings (SSSR count). The number of hydrogen-bond acceptors (Lipinski definition) is 6.